The normalized spacial score (nSPS) is 11.4. The van der Waals surface area contributed by atoms with E-state index in [4.69, 9.17) is 15.2 Å². The SMILES string of the molecule is CCOc1cccc(CCN)c1OCCOC(F)(F)F. The van der Waals surface area contributed by atoms with E-state index >= 15 is 0 Å². The number of ether oxygens (including phenoxy) is 3. The molecule has 0 radical (unpaired) electrons. The molecule has 0 aromatic heterocycles. The predicted octanol–water partition coefficient (Wildman–Crippen LogP) is 2.50. The van der Waals surface area contributed by atoms with Gasteiger partial charge in [-0.3, -0.25) is 4.74 Å². The maximum atomic E-state index is 11.9. The van der Waals surface area contributed by atoms with Gasteiger partial charge in [0.1, 0.15) is 6.61 Å². The summed E-state index contributed by atoms with van der Waals surface area (Å²) in [7, 11) is 0. The van der Waals surface area contributed by atoms with Gasteiger partial charge < -0.3 is 15.2 Å². The van der Waals surface area contributed by atoms with E-state index in [1.54, 1.807) is 18.2 Å². The molecule has 7 heteroatoms. The van der Waals surface area contributed by atoms with Crippen LogP contribution in [0.1, 0.15) is 12.5 Å². The number of halogens is 3. The van der Waals surface area contributed by atoms with E-state index < -0.39 is 13.0 Å². The second-order valence-corrected chi connectivity index (χ2v) is 3.86. The molecule has 0 spiro atoms. The zero-order valence-corrected chi connectivity index (χ0v) is 11.2. The molecule has 0 aliphatic rings. The minimum atomic E-state index is -4.65. The third-order valence-electron chi connectivity index (χ3n) is 2.37. The lowest BCUT2D eigenvalue weighted by Crippen LogP contribution is -2.18. The van der Waals surface area contributed by atoms with Gasteiger partial charge in [-0.2, -0.15) is 0 Å². The molecular weight excluding hydrogens is 275 g/mol. The van der Waals surface area contributed by atoms with Crippen LogP contribution in [0.2, 0.25) is 0 Å². The summed E-state index contributed by atoms with van der Waals surface area (Å²) < 4.78 is 50.0. The summed E-state index contributed by atoms with van der Waals surface area (Å²) in [6.45, 7) is 1.85. The van der Waals surface area contributed by atoms with Gasteiger partial charge in [0.15, 0.2) is 11.5 Å². The lowest BCUT2D eigenvalue weighted by atomic mass is 10.1. The minimum absolute atomic E-state index is 0.221. The lowest BCUT2D eigenvalue weighted by Gasteiger charge is -2.16. The summed E-state index contributed by atoms with van der Waals surface area (Å²) in [5.41, 5.74) is 6.29. The van der Waals surface area contributed by atoms with E-state index in [-0.39, 0.29) is 6.61 Å². The highest BCUT2D eigenvalue weighted by molar-refractivity contribution is 5.46. The van der Waals surface area contributed by atoms with Crippen molar-refractivity contribution in [1.29, 1.82) is 0 Å². The van der Waals surface area contributed by atoms with E-state index in [9.17, 15) is 13.2 Å². The number of alkyl halides is 3. The van der Waals surface area contributed by atoms with Crippen molar-refractivity contribution in [1.82, 2.24) is 0 Å². The summed E-state index contributed by atoms with van der Waals surface area (Å²) in [6, 6.07) is 5.29. The molecule has 0 bridgehead atoms. The van der Waals surface area contributed by atoms with Gasteiger partial charge in [-0.25, -0.2) is 0 Å². The monoisotopic (exact) mass is 293 g/mol. The Bertz CT molecular complexity index is 386. The number of nitrogens with two attached hydrogens (primary N) is 1. The number of hydrogen-bond donors (Lipinski definition) is 1. The molecule has 0 saturated carbocycles. The fraction of sp³-hybridized carbons (Fsp3) is 0.538. The second kappa shape index (κ2) is 7.96. The Kier molecular flexibility index (Phi) is 6.60. The molecule has 0 aliphatic carbocycles. The number of rotatable bonds is 8. The first-order chi connectivity index (χ1) is 9.48. The molecule has 20 heavy (non-hydrogen) atoms. The number of benzene rings is 1. The smallest absolute Gasteiger partial charge is 0.490 e. The van der Waals surface area contributed by atoms with Crippen LogP contribution >= 0.6 is 0 Å². The third-order valence-corrected chi connectivity index (χ3v) is 2.37. The molecule has 0 amide bonds. The van der Waals surface area contributed by atoms with Crippen molar-refractivity contribution in [2.45, 2.75) is 19.7 Å². The Labute approximate surface area is 115 Å². The molecule has 1 aromatic rings. The second-order valence-electron chi connectivity index (χ2n) is 3.86. The fourth-order valence-electron chi connectivity index (χ4n) is 1.65. The van der Waals surface area contributed by atoms with Crippen molar-refractivity contribution in [2.75, 3.05) is 26.4 Å². The molecule has 1 rings (SSSR count). The van der Waals surface area contributed by atoms with Gasteiger partial charge in [-0.15, -0.1) is 13.2 Å². The van der Waals surface area contributed by atoms with Gasteiger partial charge in [-0.1, -0.05) is 12.1 Å². The quantitative estimate of drug-likeness (QED) is 0.748. The first-order valence-electron chi connectivity index (χ1n) is 6.26. The molecule has 0 heterocycles. The zero-order chi connectivity index (χ0) is 15.0. The average Bonchev–Trinajstić information content (AvgIpc) is 2.36. The summed E-state index contributed by atoms with van der Waals surface area (Å²) >= 11 is 0. The highest BCUT2D eigenvalue weighted by Gasteiger charge is 2.28. The van der Waals surface area contributed by atoms with Crippen molar-refractivity contribution in [3.8, 4) is 11.5 Å². The van der Waals surface area contributed by atoms with E-state index in [0.717, 1.165) is 5.56 Å². The highest BCUT2D eigenvalue weighted by Crippen LogP contribution is 2.31. The maximum absolute atomic E-state index is 11.9. The van der Waals surface area contributed by atoms with Crippen LogP contribution in [0.5, 0.6) is 11.5 Å². The zero-order valence-electron chi connectivity index (χ0n) is 11.2. The molecule has 4 nitrogen and oxygen atoms in total. The van der Waals surface area contributed by atoms with Crippen LogP contribution in [0.15, 0.2) is 18.2 Å². The van der Waals surface area contributed by atoms with Crippen LogP contribution in [-0.4, -0.2) is 32.7 Å². The number of hydrogen-bond acceptors (Lipinski definition) is 4. The van der Waals surface area contributed by atoms with Crippen molar-refractivity contribution in [3.05, 3.63) is 23.8 Å². The van der Waals surface area contributed by atoms with Gasteiger partial charge in [0.2, 0.25) is 0 Å². The Morgan fingerprint density at radius 3 is 2.50 bits per heavy atom. The van der Waals surface area contributed by atoms with Gasteiger partial charge in [0.25, 0.3) is 0 Å². The van der Waals surface area contributed by atoms with Crippen molar-refractivity contribution in [3.63, 3.8) is 0 Å². The summed E-state index contributed by atoms with van der Waals surface area (Å²) in [5, 5.41) is 0. The van der Waals surface area contributed by atoms with Crippen molar-refractivity contribution in [2.24, 2.45) is 5.73 Å². The Hall–Kier alpha value is -1.47. The molecule has 2 N–H and O–H groups in total. The van der Waals surface area contributed by atoms with Gasteiger partial charge in [0.05, 0.1) is 13.2 Å². The molecule has 0 aliphatic heterocycles. The topological polar surface area (TPSA) is 53.7 Å². The summed E-state index contributed by atoms with van der Waals surface area (Å²) in [4.78, 5) is 0. The molecule has 0 fully saturated rings. The molecule has 114 valence electrons. The largest absolute Gasteiger partial charge is 0.522 e. The van der Waals surface area contributed by atoms with E-state index in [1.165, 1.54) is 0 Å². The van der Waals surface area contributed by atoms with E-state index in [2.05, 4.69) is 4.74 Å². The summed E-state index contributed by atoms with van der Waals surface area (Å²) in [5.74, 6) is 0.913. The van der Waals surface area contributed by atoms with E-state index in [0.29, 0.717) is 31.1 Å². The minimum Gasteiger partial charge on any atom is -0.490 e. The molecule has 1 aromatic carbocycles. The summed E-state index contributed by atoms with van der Waals surface area (Å²) in [6.07, 6.45) is -4.10. The van der Waals surface area contributed by atoms with Crippen LogP contribution in [0.4, 0.5) is 13.2 Å². The number of para-hydroxylation sites is 1. The van der Waals surface area contributed by atoms with Gasteiger partial charge in [0, 0.05) is 0 Å². The predicted molar refractivity (Wildman–Crippen MR) is 67.9 cm³/mol. The Morgan fingerprint density at radius 1 is 1.15 bits per heavy atom. The van der Waals surface area contributed by atoms with Crippen LogP contribution in [0.25, 0.3) is 0 Å². The molecule has 0 atom stereocenters. The molecular formula is C13H18F3NO3. The standard InChI is InChI=1S/C13H18F3NO3/c1-2-18-11-5-3-4-10(6-7-17)12(11)19-8-9-20-13(14,15)16/h3-5H,2,6-9,17H2,1H3. The average molecular weight is 293 g/mol. The fourth-order valence-corrected chi connectivity index (χ4v) is 1.65. The maximum Gasteiger partial charge on any atom is 0.522 e. The van der Waals surface area contributed by atoms with Crippen LogP contribution in [0.3, 0.4) is 0 Å². The lowest BCUT2D eigenvalue weighted by molar-refractivity contribution is -0.325. The molecule has 0 saturated heterocycles. The van der Waals surface area contributed by atoms with E-state index in [1.807, 2.05) is 6.92 Å². The molecule has 0 unspecified atom stereocenters. The van der Waals surface area contributed by atoms with Crippen molar-refractivity contribution < 1.29 is 27.4 Å². The first kappa shape index (κ1) is 16.6. The Balaban J connectivity index is 2.69. The highest BCUT2D eigenvalue weighted by atomic mass is 19.4. The van der Waals surface area contributed by atoms with Gasteiger partial charge in [-0.05, 0) is 31.5 Å². The third kappa shape index (κ3) is 5.66. The van der Waals surface area contributed by atoms with Crippen molar-refractivity contribution >= 4 is 0 Å². The van der Waals surface area contributed by atoms with Crippen LogP contribution < -0.4 is 15.2 Å². The van der Waals surface area contributed by atoms with Gasteiger partial charge >= 0.3 is 6.36 Å². The van der Waals surface area contributed by atoms with Crippen LogP contribution in [0, 0.1) is 0 Å². The first-order valence-corrected chi connectivity index (χ1v) is 6.26. The van der Waals surface area contributed by atoms with Crippen LogP contribution in [-0.2, 0) is 11.2 Å². The Morgan fingerprint density at radius 2 is 1.90 bits per heavy atom.